The molecule has 2 aromatic carbocycles. The highest BCUT2D eigenvalue weighted by Gasteiger charge is 2.34. The first-order valence-corrected chi connectivity index (χ1v) is 10.9. The van der Waals surface area contributed by atoms with Gasteiger partial charge in [0, 0.05) is 24.2 Å². The molecule has 0 unspecified atom stereocenters. The van der Waals surface area contributed by atoms with Gasteiger partial charge >= 0.3 is 0 Å². The third kappa shape index (κ3) is 5.55. The summed E-state index contributed by atoms with van der Waals surface area (Å²) in [6.45, 7) is 4.60. The van der Waals surface area contributed by atoms with Gasteiger partial charge in [-0.05, 0) is 55.3 Å². The molecular weight excluding hydrogens is 422 g/mol. The summed E-state index contributed by atoms with van der Waals surface area (Å²) < 4.78 is 5.55. The number of carbonyl (C=O) groups excluding carboxylic acids is 2. The van der Waals surface area contributed by atoms with Crippen molar-refractivity contribution in [1.82, 2.24) is 4.90 Å². The monoisotopic (exact) mass is 445 g/mol. The fourth-order valence-electron chi connectivity index (χ4n) is 2.74. The number of aryl methyl sites for hydroxylation is 1. The number of hydrogen-bond acceptors (Lipinski definition) is 5. The number of rotatable bonds is 6. The van der Waals surface area contributed by atoms with E-state index in [0.717, 1.165) is 17.7 Å². The maximum atomic E-state index is 12.8. The number of aliphatic imine (C=N–C) groups is 1. The highest BCUT2D eigenvalue weighted by Crippen LogP contribution is 2.30. The lowest BCUT2D eigenvalue weighted by Gasteiger charge is -2.28. The number of hydrogen-bond donors (Lipinski definition) is 1. The molecule has 8 heteroatoms. The van der Waals surface area contributed by atoms with Crippen LogP contribution in [0.25, 0.3) is 0 Å². The van der Waals surface area contributed by atoms with Gasteiger partial charge < -0.3 is 10.1 Å². The Bertz CT molecular complexity index is 963. The molecule has 1 saturated heterocycles. The Labute approximate surface area is 185 Å². The van der Waals surface area contributed by atoms with Crippen molar-refractivity contribution >= 4 is 51.7 Å². The van der Waals surface area contributed by atoms with Gasteiger partial charge in [0.15, 0.2) is 5.17 Å². The van der Waals surface area contributed by atoms with Crippen LogP contribution in [0.1, 0.15) is 25.3 Å². The largest absolute Gasteiger partial charge is 0.494 e. The minimum atomic E-state index is -0.565. The van der Waals surface area contributed by atoms with Crippen molar-refractivity contribution in [3.05, 3.63) is 53.1 Å². The fraction of sp³-hybridized carbons (Fsp3) is 0.318. The van der Waals surface area contributed by atoms with Gasteiger partial charge in [0.05, 0.1) is 12.3 Å². The number of thioether (sulfide) groups is 1. The van der Waals surface area contributed by atoms with Crippen LogP contribution in [0, 0.1) is 6.92 Å². The molecule has 1 atom stereocenters. The average Bonchev–Trinajstić information content (AvgIpc) is 2.73. The average molecular weight is 446 g/mol. The normalized spacial score (nSPS) is 17.9. The van der Waals surface area contributed by atoms with Crippen LogP contribution in [0.15, 0.2) is 47.5 Å². The minimum absolute atomic E-state index is 0.109. The van der Waals surface area contributed by atoms with E-state index in [-0.39, 0.29) is 18.2 Å². The number of amidine groups is 1. The van der Waals surface area contributed by atoms with Crippen LogP contribution in [0.4, 0.5) is 11.4 Å². The molecule has 1 aliphatic heterocycles. The summed E-state index contributed by atoms with van der Waals surface area (Å²) in [5.41, 5.74) is 2.24. The van der Waals surface area contributed by atoms with E-state index in [4.69, 9.17) is 16.3 Å². The summed E-state index contributed by atoms with van der Waals surface area (Å²) in [6, 6.07) is 12.6. The van der Waals surface area contributed by atoms with E-state index in [1.165, 1.54) is 16.7 Å². The molecule has 0 aromatic heterocycles. The van der Waals surface area contributed by atoms with Crippen molar-refractivity contribution in [1.29, 1.82) is 0 Å². The standard InChI is InChI=1S/C22H24ClN3O3S/c1-4-11-29-17-9-7-15(8-10-17)24-21(28)19-13-20(27)26(3)22(30-19)25-16-6-5-14(2)18(23)12-16/h5-10,12,19H,4,11,13H2,1-3H3,(H,24,28)/t19-/m0/s1. The van der Waals surface area contributed by atoms with E-state index in [2.05, 4.69) is 10.3 Å². The molecule has 1 fully saturated rings. The van der Waals surface area contributed by atoms with E-state index >= 15 is 0 Å². The molecule has 1 heterocycles. The van der Waals surface area contributed by atoms with Crippen LogP contribution < -0.4 is 10.1 Å². The Hall–Kier alpha value is -2.51. The zero-order chi connectivity index (χ0) is 21.7. The molecule has 1 N–H and O–H groups in total. The summed E-state index contributed by atoms with van der Waals surface area (Å²) in [4.78, 5) is 31.2. The summed E-state index contributed by atoms with van der Waals surface area (Å²) in [7, 11) is 1.66. The predicted octanol–water partition coefficient (Wildman–Crippen LogP) is 5.03. The molecule has 158 valence electrons. The van der Waals surface area contributed by atoms with Gasteiger partial charge in [-0.1, -0.05) is 36.4 Å². The Morgan fingerprint density at radius 1 is 1.30 bits per heavy atom. The van der Waals surface area contributed by atoms with Crippen molar-refractivity contribution in [3.63, 3.8) is 0 Å². The summed E-state index contributed by atoms with van der Waals surface area (Å²) in [6.07, 6.45) is 1.04. The number of amides is 2. The van der Waals surface area contributed by atoms with Gasteiger partial charge in [0.25, 0.3) is 0 Å². The maximum Gasteiger partial charge on any atom is 0.238 e. The maximum absolute atomic E-state index is 12.8. The van der Waals surface area contributed by atoms with Crippen molar-refractivity contribution in [2.24, 2.45) is 4.99 Å². The van der Waals surface area contributed by atoms with Gasteiger partial charge in [-0.15, -0.1) is 0 Å². The molecule has 0 spiro atoms. The number of halogens is 1. The smallest absolute Gasteiger partial charge is 0.238 e. The number of ether oxygens (including phenoxy) is 1. The zero-order valence-corrected chi connectivity index (χ0v) is 18.7. The van der Waals surface area contributed by atoms with Crippen LogP contribution in [-0.2, 0) is 9.59 Å². The number of anilines is 1. The van der Waals surface area contributed by atoms with Gasteiger partial charge in [0.2, 0.25) is 11.8 Å². The number of carbonyl (C=O) groups is 2. The van der Waals surface area contributed by atoms with Gasteiger partial charge in [-0.3, -0.25) is 14.5 Å². The first-order valence-electron chi connectivity index (χ1n) is 9.69. The fourth-order valence-corrected chi connectivity index (χ4v) is 3.98. The quantitative estimate of drug-likeness (QED) is 0.677. The number of nitrogens with one attached hydrogen (secondary N) is 1. The lowest BCUT2D eigenvalue weighted by molar-refractivity contribution is -0.128. The lowest BCUT2D eigenvalue weighted by Crippen LogP contribution is -2.43. The second kappa shape index (κ2) is 10.00. The number of nitrogens with zero attached hydrogens (tertiary/aromatic N) is 2. The second-order valence-corrected chi connectivity index (χ2v) is 8.53. The molecule has 3 rings (SSSR count). The first kappa shape index (κ1) is 22.2. The van der Waals surface area contributed by atoms with Crippen molar-refractivity contribution in [2.75, 3.05) is 19.0 Å². The molecule has 0 radical (unpaired) electrons. The van der Waals surface area contributed by atoms with Crippen molar-refractivity contribution < 1.29 is 14.3 Å². The van der Waals surface area contributed by atoms with E-state index in [1.807, 2.05) is 38.1 Å². The molecule has 30 heavy (non-hydrogen) atoms. The first-order chi connectivity index (χ1) is 14.4. The summed E-state index contributed by atoms with van der Waals surface area (Å²) in [5, 5.41) is 3.38. The lowest BCUT2D eigenvalue weighted by atomic mass is 10.2. The Balaban J connectivity index is 1.71. The van der Waals surface area contributed by atoms with Crippen LogP contribution in [-0.4, -0.2) is 40.8 Å². The third-order valence-electron chi connectivity index (χ3n) is 4.54. The van der Waals surface area contributed by atoms with Crippen molar-refractivity contribution in [3.8, 4) is 5.75 Å². The molecule has 6 nitrogen and oxygen atoms in total. The Kier molecular flexibility index (Phi) is 7.39. The third-order valence-corrected chi connectivity index (χ3v) is 6.18. The van der Waals surface area contributed by atoms with Crippen LogP contribution in [0.5, 0.6) is 5.75 Å². The SMILES string of the molecule is CCCOc1ccc(NC(=O)[C@@H]2CC(=O)N(C)C(=Nc3ccc(C)c(Cl)c3)S2)cc1. The minimum Gasteiger partial charge on any atom is -0.494 e. The molecular formula is C22H24ClN3O3S. The molecule has 1 aliphatic rings. The predicted molar refractivity (Wildman–Crippen MR) is 123 cm³/mol. The zero-order valence-electron chi connectivity index (χ0n) is 17.1. The molecule has 2 amide bonds. The Morgan fingerprint density at radius 2 is 2.03 bits per heavy atom. The highest BCUT2D eigenvalue weighted by molar-refractivity contribution is 8.15. The summed E-state index contributed by atoms with van der Waals surface area (Å²) >= 11 is 7.44. The molecule has 2 aromatic rings. The van der Waals surface area contributed by atoms with Gasteiger partial charge in [-0.25, -0.2) is 4.99 Å². The molecule has 0 bridgehead atoms. The molecule has 0 saturated carbocycles. The van der Waals surface area contributed by atoms with Gasteiger partial charge in [-0.2, -0.15) is 0 Å². The van der Waals surface area contributed by atoms with Crippen LogP contribution >= 0.6 is 23.4 Å². The van der Waals surface area contributed by atoms with E-state index < -0.39 is 5.25 Å². The van der Waals surface area contributed by atoms with Crippen molar-refractivity contribution in [2.45, 2.75) is 31.9 Å². The summed E-state index contributed by atoms with van der Waals surface area (Å²) in [5.74, 6) is 0.359. The second-order valence-electron chi connectivity index (χ2n) is 6.95. The van der Waals surface area contributed by atoms with E-state index in [0.29, 0.717) is 28.2 Å². The van der Waals surface area contributed by atoms with E-state index in [1.54, 1.807) is 25.2 Å². The highest BCUT2D eigenvalue weighted by atomic mass is 35.5. The van der Waals surface area contributed by atoms with Crippen LogP contribution in [0.3, 0.4) is 0 Å². The topological polar surface area (TPSA) is 71.0 Å². The van der Waals surface area contributed by atoms with Crippen LogP contribution in [0.2, 0.25) is 5.02 Å². The van der Waals surface area contributed by atoms with Gasteiger partial charge in [0.1, 0.15) is 11.0 Å². The number of benzene rings is 2. The Morgan fingerprint density at radius 3 is 2.70 bits per heavy atom. The van der Waals surface area contributed by atoms with E-state index in [9.17, 15) is 9.59 Å². The molecule has 0 aliphatic carbocycles.